The van der Waals surface area contributed by atoms with Gasteiger partial charge in [0, 0.05) is 12.1 Å². The molecule has 0 aromatic heterocycles. The first-order chi connectivity index (χ1) is 13.7. The van der Waals surface area contributed by atoms with Crippen LogP contribution >= 0.6 is 0 Å². The van der Waals surface area contributed by atoms with E-state index in [1.807, 2.05) is 0 Å². The lowest BCUT2D eigenvalue weighted by Crippen LogP contribution is -2.31. The molecule has 0 bridgehead atoms. The van der Waals surface area contributed by atoms with E-state index in [9.17, 15) is 17.6 Å². The number of benzene rings is 2. The van der Waals surface area contributed by atoms with Gasteiger partial charge < -0.3 is 9.47 Å². The summed E-state index contributed by atoms with van der Waals surface area (Å²) in [7, 11) is -2.26. The molecule has 0 spiro atoms. The maximum absolute atomic E-state index is 14.3. The van der Waals surface area contributed by atoms with Crippen LogP contribution in [0, 0.1) is 5.82 Å². The molecular formula is C21H22FNO5S. The average molecular weight is 419 g/mol. The molecule has 2 aromatic carbocycles. The van der Waals surface area contributed by atoms with Gasteiger partial charge in [-0.15, -0.1) is 0 Å². The topological polar surface area (TPSA) is 72.9 Å². The summed E-state index contributed by atoms with van der Waals surface area (Å²) >= 11 is 0. The smallest absolute Gasteiger partial charge is 0.333 e. The number of hydrogen-bond acceptors (Lipinski definition) is 5. The van der Waals surface area contributed by atoms with Crippen molar-refractivity contribution in [2.45, 2.75) is 13.3 Å². The largest absolute Gasteiger partial charge is 0.491 e. The number of methoxy groups -OCH3 is 1. The third-order valence-electron chi connectivity index (χ3n) is 4.62. The molecule has 0 saturated carbocycles. The summed E-state index contributed by atoms with van der Waals surface area (Å²) in [6.07, 6.45) is 2.97. The molecule has 8 heteroatoms. The van der Waals surface area contributed by atoms with Crippen molar-refractivity contribution in [1.82, 2.24) is 0 Å². The van der Waals surface area contributed by atoms with Crippen molar-refractivity contribution < 1.29 is 27.1 Å². The third kappa shape index (κ3) is 4.42. The number of sulfonamides is 1. The molecule has 1 aliphatic heterocycles. The molecule has 0 fully saturated rings. The summed E-state index contributed by atoms with van der Waals surface area (Å²) in [6.45, 7) is 2.26. The number of carbonyl (C=O) groups excluding carboxylic acids is 1. The molecule has 3 rings (SSSR count). The maximum atomic E-state index is 14.3. The maximum Gasteiger partial charge on any atom is 0.333 e. The minimum atomic E-state index is -3.54. The zero-order valence-corrected chi connectivity index (χ0v) is 17.3. The Morgan fingerprint density at radius 2 is 1.86 bits per heavy atom. The van der Waals surface area contributed by atoms with Crippen LogP contribution in [-0.4, -0.2) is 40.9 Å². The molecule has 29 heavy (non-hydrogen) atoms. The van der Waals surface area contributed by atoms with Crippen molar-refractivity contribution in [3.05, 3.63) is 53.4 Å². The predicted molar refractivity (Wildman–Crippen MR) is 110 cm³/mol. The van der Waals surface area contributed by atoms with E-state index >= 15 is 0 Å². The van der Waals surface area contributed by atoms with Crippen LogP contribution in [0.5, 0.6) is 5.75 Å². The van der Waals surface area contributed by atoms with Crippen LogP contribution in [0.15, 0.2) is 42.0 Å². The second-order valence-electron chi connectivity index (χ2n) is 6.60. The molecule has 0 radical (unpaired) electrons. The predicted octanol–water partition coefficient (Wildman–Crippen LogP) is 3.62. The lowest BCUT2D eigenvalue weighted by atomic mass is 10.0. The van der Waals surface area contributed by atoms with Gasteiger partial charge in [0.15, 0.2) is 11.6 Å². The van der Waals surface area contributed by atoms with Gasteiger partial charge in [-0.2, -0.15) is 0 Å². The van der Waals surface area contributed by atoms with Crippen molar-refractivity contribution in [2.75, 3.05) is 30.8 Å². The highest BCUT2D eigenvalue weighted by Crippen LogP contribution is 2.34. The second-order valence-corrected chi connectivity index (χ2v) is 8.50. The van der Waals surface area contributed by atoms with Gasteiger partial charge in [-0.1, -0.05) is 12.1 Å². The number of hydrogen-bond donors (Lipinski definition) is 0. The van der Waals surface area contributed by atoms with Crippen molar-refractivity contribution in [2.24, 2.45) is 0 Å². The lowest BCUT2D eigenvalue weighted by Gasteiger charge is -2.23. The Balaban J connectivity index is 2.11. The van der Waals surface area contributed by atoms with Crippen molar-refractivity contribution in [3.8, 4) is 16.9 Å². The normalized spacial score (nSPS) is 13.9. The fourth-order valence-electron chi connectivity index (χ4n) is 3.27. The highest BCUT2D eigenvalue weighted by atomic mass is 32.2. The van der Waals surface area contributed by atoms with E-state index in [1.165, 1.54) is 17.5 Å². The summed E-state index contributed by atoms with van der Waals surface area (Å²) < 4.78 is 50.1. The van der Waals surface area contributed by atoms with Crippen LogP contribution in [0.2, 0.25) is 0 Å². The van der Waals surface area contributed by atoms with Crippen molar-refractivity contribution >= 4 is 27.8 Å². The zero-order chi connectivity index (χ0) is 21.2. The summed E-state index contributed by atoms with van der Waals surface area (Å²) in [4.78, 5) is 12.1. The SMILES string of the molecule is CCOc1ccc(-c2ccc3c(c2)C=C(C(=O)OC)CCN3S(C)(=O)=O)cc1F. The minimum absolute atomic E-state index is 0.129. The van der Waals surface area contributed by atoms with Gasteiger partial charge in [0.2, 0.25) is 10.0 Å². The molecule has 0 unspecified atom stereocenters. The highest BCUT2D eigenvalue weighted by molar-refractivity contribution is 7.92. The van der Waals surface area contributed by atoms with E-state index in [2.05, 4.69) is 0 Å². The van der Waals surface area contributed by atoms with Crippen LogP contribution in [-0.2, 0) is 19.6 Å². The number of nitrogens with zero attached hydrogens (tertiary/aromatic N) is 1. The van der Waals surface area contributed by atoms with Crippen molar-refractivity contribution in [3.63, 3.8) is 0 Å². The molecule has 0 N–H and O–H groups in total. The fourth-order valence-corrected chi connectivity index (χ4v) is 4.22. The lowest BCUT2D eigenvalue weighted by molar-refractivity contribution is -0.136. The van der Waals surface area contributed by atoms with Gasteiger partial charge in [-0.3, -0.25) is 4.31 Å². The molecule has 2 aromatic rings. The minimum Gasteiger partial charge on any atom is -0.491 e. The Kier molecular flexibility index (Phi) is 5.93. The summed E-state index contributed by atoms with van der Waals surface area (Å²) in [6, 6.07) is 9.77. The first-order valence-electron chi connectivity index (χ1n) is 9.08. The number of fused-ring (bicyclic) bond motifs is 1. The second kappa shape index (κ2) is 8.24. The summed E-state index contributed by atoms with van der Waals surface area (Å²) in [5.41, 5.74) is 2.66. The number of halogens is 1. The van der Waals surface area contributed by atoms with E-state index in [0.717, 1.165) is 6.26 Å². The first kappa shape index (κ1) is 20.9. The Bertz CT molecular complexity index is 1080. The van der Waals surface area contributed by atoms with Gasteiger partial charge in [0.05, 0.1) is 25.7 Å². The molecule has 1 aliphatic rings. The number of rotatable bonds is 5. The summed E-state index contributed by atoms with van der Waals surface area (Å²) in [5, 5.41) is 0. The Labute approximate surface area is 169 Å². The van der Waals surface area contributed by atoms with E-state index in [-0.39, 0.29) is 18.7 Å². The quantitative estimate of drug-likeness (QED) is 0.692. The fraction of sp³-hybridized carbons (Fsp3) is 0.286. The Hall–Kier alpha value is -2.87. The van der Waals surface area contributed by atoms with Gasteiger partial charge in [0.25, 0.3) is 0 Å². The van der Waals surface area contributed by atoms with Crippen LogP contribution in [0.1, 0.15) is 18.9 Å². The van der Waals surface area contributed by atoms with E-state index < -0.39 is 21.8 Å². The Morgan fingerprint density at radius 1 is 1.17 bits per heavy atom. The van der Waals surface area contributed by atoms with Gasteiger partial charge in [-0.05, 0) is 60.4 Å². The van der Waals surface area contributed by atoms with Crippen LogP contribution in [0.3, 0.4) is 0 Å². The van der Waals surface area contributed by atoms with Crippen LogP contribution < -0.4 is 9.04 Å². The zero-order valence-electron chi connectivity index (χ0n) is 16.4. The highest BCUT2D eigenvalue weighted by Gasteiger charge is 2.25. The van der Waals surface area contributed by atoms with Crippen molar-refractivity contribution in [1.29, 1.82) is 0 Å². The van der Waals surface area contributed by atoms with E-state index in [1.54, 1.807) is 43.3 Å². The number of ether oxygens (including phenoxy) is 2. The van der Waals surface area contributed by atoms with E-state index in [0.29, 0.717) is 34.6 Å². The molecule has 0 amide bonds. The van der Waals surface area contributed by atoms with Crippen LogP contribution in [0.25, 0.3) is 17.2 Å². The van der Waals surface area contributed by atoms with Gasteiger partial charge in [-0.25, -0.2) is 17.6 Å². The molecule has 1 heterocycles. The first-order valence-corrected chi connectivity index (χ1v) is 10.9. The summed E-state index contributed by atoms with van der Waals surface area (Å²) in [5.74, 6) is -0.825. The molecule has 154 valence electrons. The third-order valence-corrected chi connectivity index (χ3v) is 5.80. The molecule has 0 aliphatic carbocycles. The average Bonchev–Trinajstić information content (AvgIpc) is 2.88. The van der Waals surface area contributed by atoms with Crippen LogP contribution in [0.4, 0.5) is 10.1 Å². The molecule has 6 nitrogen and oxygen atoms in total. The number of carbonyl (C=O) groups is 1. The molecule has 0 atom stereocenters. The number of esters is 1. The van der Waals surface area contributed by atoms with Gasteiger partial charge >= 0.3 is 5.97 Å². The monoisotopic (exact) mass is 419 g/mol. The van der Waals surface area contributed by atoms with E-state index in [4.69, 9.17) is 9.47 Å². The standard InChI is InChI=1S/C21H22FNO5S/c1-4-28-20-8-6-15(13-18(20)22)14-5-7-19-17(11-14)12-16(21(24)27-2)9-10-23(19)29(3,25)26/h5-8,11-13H,4,9-10H2,1-3H3. The number of anilines is 1. The molecular weight excluding hydrogens is 397 g/mol. The Morgan fingerprint density at radius 3 is 2.48 bits per heavy atom. The molecule has 0 saturated heterocycles. The van der Waals surface area contributed by atoms with Gasteiger partial charge in [0.1, 0.15) is 0 Å².